The van der Waals surface area contributed by atoms with Crippen LogP contribution in [-0.4, -0.2) is 60.6 Å². The fraction of sp³-hybridized carbons (Fsp3) is 0.789. The zero-order chi connectivity index (χ0) is 18.1. The van der Waals surface area contributed by atoms with E-state index in [1.165, 1.54) is 12.8 Å². The Hall–Kier alpha value is -1.60. The molecule has 3 aliphatic rings. The van der Waals surface area contributed by atoms with Crippen molar-refractivity contribution < 1.29 is 9.47 Å². The minimum atomic E-state index is 0.0448. The zero-order valence-corrected chi connectivity index (χ0v) is 15.9. The van der Waals surface area contributed by atoms with Crippen molar-refractivity contribution in [2.75, 3.05) is 49.3 Å². The van der Waals surface area contributed by atoms with E-state index in [1.807, 2.05) is 4.57 Å². The molecule has 0 amide bonds. The van der Waals surface area contributed by atoms with Gasteiger partial charge in [0.15, 0.2) is 0 Å². The van der Waals surface area contributed by atoms with Crippen molar-refractivity contribution in [1.29, 1.82) is 0 Å². The third-order valence-corrected chi connectivity index (χ3v) is 5.88. The van der Waals surface area contributed by atoms with Gasteiger partial charge < -0.3 is 19.3 Å². The third-order valence-electron chi connectivity index (χ3n) is 5.88. The summed E-state index contributed by atoms with van der Waals surface area (Å²) in [5.74, 6) is 1.61. The third kappa shape index (κ3) is 3.22. The highest BCUT2D eigenvalue weighted by molar-refractivity contribution is 5.49. The van der Waals surface area contributed by atoms with Crippen LogP contribution in [0.4, 0.5) is 11.8 Å². The van der Waals surface area contributed by atoms with Crippen LogP contribution in [0.5, 0.6) is 0 Å². The molecule has 0 aromatic carbocycles. The molecule has 0 unspecified atom stereocenters. The summed E-state index contributed by atoms with van der Waals surface area (Å²) in [5, 5.41) is 0. The number of nitrogens with zero attached hydrogens (tertiary/aromatic N) is 4. The summed E-state index contributed by atoms with van der Waals surface area (Å²) in [6.45, 7) is 9.29. The fourth-order valence-corrected chi connectivity index (χ4v) is 4.56. The summed E-state index contributed by atoms with van der Waals surface area (Å²) in [5.41, 5.74) is 0.110. The Bertz CT molecular complexity index is 691. The normalized spacial score (nSPS) is 21.8. The Morgan fingerprint density at radius 2 is 2.00 bits per heavy atom. The van der Waals surface area contributed by atoms with Crippen molar-refractivity contribution in [2.24, 2.45) is 0 Å². The average Bonchev–Trinajstić information content (AvgIpc) is 3.22. The molecule has 3 heterocycles. The van der Waals surface area contributed by atoms with Crippen LogP contribution < -0.4 is 15.4 Å². The van der Waals surface area contributed by atoms with Gasteiger partial charge in [0.2, 0.25) is 5.95 Å². The molecule has 0 radical (unpaired) electrons. The molecule has 7 heteroatoms. The van der Waals surface area contributed by atoms with Gasteiger partial charge >= 0.3 is 0 Å². The number of rotatable bonds is 5. The molecule has 144 valence electrons. The Labute approximate surface area is 154 Å². The molecule has 1 saturated heterocycles. The predicted molar refractivity (Wildman–Crippen MR) is 101 cm³/mol. The maximum Gasteiger partial charge on any atom is 0.257 e. The summed E-state index contributed by atoms with van der Waals surface area (Å²) in [7, 11) is 0. The smallest absolute Gasteiger partial charge is 0.257 e. The van der Waals surface area contributed by atoms with E-state index in [-0.39, 0.29) is 17.2 Å². The first-order chi connectivity index (χ1) is 12.6. The lowest BCUT2D eigenvalue weighted by Gasteiger charge is -2.35. The van der Waals surface area contributed by atoms with Crippen molar-refractivity contribution in [2.45, 2.75) is 57.7 Å². The molecule has 1 aromatic heterocycles. The monoisotopic (exact) mass is 362 g/mol. The number of hydrogen-bond donors (Lipinski definition) is 0. The molecular formula is C19H30N4O3. The maximum atomic E-state index is 12.8. The molecule has 0 N–H and O–H groups in total. The molecule has 2 aliphatic heterocycles. The van der Waals surface area contributed by atoms with E-state index >= 15 is 0 Å². The van der Waals surface area contributed by atoms with Crippen molar-refractivity contribution in [3.05, 3.63) is 16.4 Å². The number of fused-ring (bicyclic) bond motifs is 1. The van der Waals surface area contributed by atoms with Gasteiger partial charge in [-0.2, -0.15) is 4.98 Å². The second-order valence-electron chi connectivity index (χ2n) is 7.94. The van der Waals surface area contributed by atoms with E-state index in [2.05, 4.69) is 23.6 Å². The lowest BCUT2D eigenvalue weighted by atomic mass is 9.97. The second-order valence-corrected chi connectivity index (χ2v) is 7.94. The van der Waals surface area contributed by atoms with Gasteiger partial charge in [0, 0.05) is 25.7 Å². The van der Waals surface area contributed by atoms with Crippen LogP contribution in [0.2, 0.25) is 0 Å². The van der Waals surface area contributed by atoms with Gasteiger partial charge in [-0.3, -0.25) is 9.36 Å². The number of ether oxygens (including phenoxy) is 2. The summed E-state index contributed by atoms with van der Waals surface area (Å²) in [4.78, 5) is 22.3. The molecule has 2 fully saturated rings. The molecule has 1 aliphatic carbocycles. The van der Waals surface area contributed by atoms with Gasteiger partial charge in [0.1, 0.15) is 5.82 Å². The zero-order valence-electron chi connectivity index (χ0n) is 15.9. The number of anilines is 2. The average molecular weight is 362 g/mol. The van der Waals surface area contributed by atoms with E-state index < -0.39 is 0 Å². The topological polar surface area (TPSA) is 59.8 Å². The van der Waals surface area contributed by atoms with E-state index in [0.717, 1.165) is 50.8 Å². The van der Waals surface area contributed by atoms with Crippen molar-refractivity contribution in [1.82, 2.24) is 9.55 Å². The Kier molecular flexibility index (Phi) is 4.92. The highest BCUT2D eigenvalue weighted by Crippen LogP contribution is 2.43. The Balaban J connectivity index is 1.65. The first kappa shape index (κ1) is 17.8. The largest absolute Gasteiger partial charge is 0.378 e. The lowest BCUT2D eigenvalue weighted by molar-refractivity contribution is 0.0815. The van der Waals surface area contributed by atoms with Crippen LogP contribution in [0.15, 0.2) is 10.9 Å². The molecule has 1 saturated carbocycles. The number of morpholine rings is 1. The van der Waals surface area contributed by atoms with Gasteiger partial charge in [-0.25, -0.2) is 0 Å². The first-order valence-corrected chi connectivity index (χ1v) is 9.93. The first-order valence-electron chi connectivity index (χ1n) is 9.93. The van der Waals surface area contributed by atoms with Crippen LogP contribution >= 0.6 is 0 Å². The van der Waals surface area contributed by atoms with Crippen molar-refractivity contribution in [3.8, 4) is 0 Å². The molecule has 1 spiro atoms. The van der Waals surface area contributed by atoms with Gasteiger partial charge in [0.25, 0.3) is 5.56 Å². The predicted octanol–water partition coefficient (Wildman–Crippen LogP) is 1.64. The molecule has 1 aromatic rings. The van der Waals surface area contributed by atoms with E-state index in [9.17, 15) is 4.79 Å². The van der Waals surface area contributed by atoms with Crippen LogP contribution in [0, 0.1) is 0 Å². The summed E-state index contributed by atoms with van der Waals surface area (Å²) >= 11 is 0. The molecule has 0 bridgehead atoms. The fourth-order valence-electron chi connectivity index (χ4n) is 4.56. The minimum Gasteiger partial charge on any atom is -0.378 e. The van der Waals surface area contributed by atoms with Crippen molar-refractivity contribution in [3.63, 3.8) is 0 Å². The number of hydrogen-bond acceptors (Lipinski definition) is 6. The summed E-state index contributed by atoms with van der Waals surface area (Å²) in [6.07, 6.45) is 4.92. The van der Waals surface area contributed by atoms with Gasteiger partial charge in [-0.05, 0) is 26.7 Å². The Morgan fingerprint density at radius 1 is 1.27 bits per heavy atom. The van der Waals surface area contributed by atoms with Gasteiger partial charge in [0.05, 0.1) is 38.0 Å². The van der Waals surface area contributed by atoms with E-state index in [1.54, 1.807) is 6.07 Å². The maximum absolute atomic E-state index is 12.8. The van der Waals surface area contributed by atoms with Gasteiger partial charge in [-0.15, -0.1) is 0 Å². The molecule has 4 rings (SSSR count). The number of aromatic nitrogens is 2. The quantitative estimate of drug-likeness (QED) is 0.794. The molecule has 26 heavy (non-hydrogen) atoms. The van der Waals surface area contributed by atoms with Crippen LogP contribution in [0.1, 0.15) is 39.5 Å². The van der Waals surface area contributed by atoms with Gasteiger partial charge in [-0.1, -0.05) is 12.8 Å². The summed E-state index contributed by atoms with van der Waals surface area (Å²) in [6, 6.07) is 1.70. The molecule has 0 atom stereocenters. The SMILES string of the molecule is CC(C)OCCN1c2nc(N3CCOCC3)cc(=O)n2CC12CCCC2. The van der Waals surface area contributed by atoms with E-state index in [0.29, 0.717) is 19.8 Å². The molecular weight excluding hydrogens is 332 g/mol. The highest BCUT2D eigenvalue weighted by atomic mass is 16.5. The Morgan fingerprint density at radius 3 is 2.69 bits per heavy atom. The minimum absolute atomic E-state index is 0.0448. The molecule has 7 nitrogen and oxygen atoms in total. The second kappa shape index (κ2) is 7.19. The standard InChI is InChI=1S/C19H30N4O3/c1-15(2)26-12-9-23-18-20-16(21-7-10-25-11-8-21)13-17(24)22(18)14-19(23)5-3-4-6-19/h13,15H,3-12,14H2,1-2H3. The lowest BCUT2D eigenvalue weighted by Crippen LogP contribution is -2.46. The summed E-state index contributed by atoms with van der Waals surface area (Å²) < 4.78 is 13.1. The van der Waals surface area contributed by atoms with E-state index in [4.69, 9.17) is 14.5 Å². The van der Waals surface area contributed by atoms with Crippen molar-refractivity contribution >= 4 is 11.8 Å². The van der Waals surface area contributed by atoms with Crippen LogP contribution in [-0.2, 0) is 16.0 Å². The van der Waals surface area contributed by atoms with Crippen LogP contribution in [0.25, 0.3) is 0 Å². The van der Waals surface area contributed by atoms with Crippen LogP contribution in [0.3, 0.4) is 0 Å². The highest BCUT2D eigenvalue weighted by Gasteiger charge is 2.47.